The van der Waals surface area contributed by atoms with Crippen molar-refractivity contribution in [1.82, 2.24) is 14.5 Å². The van der Waals surface area contributed by atoms with E-state index in [1.807, 2.05) is 61.6 Å². The highest BCUT2D eigenvalue weighted by molar-refractivity contribution is 7.99. The van der Waals surface area contributed by atoms with Crippen LogP contribution < -0.4 is 14.9 Å². The number of nitrogens with one attached hydrogen (secondary N) is 2. The lowest BCUT2D eigenvalue weighted by molar-refractivity contribution is -0.383. The first-order chi connectivity index (χ1) is 27.4. The van der Waals surface area contributed by atoms with Gasteiger partial charge in [-0.1, -0.05) is 58.8 Å². The van der Waals surface area contributed by atoms with Crippen LogP contribution >= 0.6 is 34.7 Å². The number of rotatable bonds is 17. The van der Waals surface area contributed by atoms with Crippen molar-refractivity contribution >= 4 is 72.6 Å². The van der Waals surface area contributed by atoms with E-state index in [1.165, 1.54) is 29.6 Å². The predicted molar refractivity (Wildman–Crippen MR) is 235 cm³/mol. The van der Waals surface area contributed by atoms with Crippen molar-refractivity contribution in [3.63, 3.8) is 0 Å². The third kappa shape index (κ3) is 11.6. The quantitative estimate of drug-likeness (QED) is 0.0604. The van der Waals surface area contributed by atoms with Gasteiger partial charge in [-0.3, -0.25) is 19.8 Å². The summed E-state index contributed by atoms with van der Waals surface area (Å²) in [5, 5.41) is 16.3. The van der Waals surface area contributed by atoms with Crippen LogP contribution in [0.3, 0.4) is 0 Å². The predicted octanol–water partition coefficient (Wildman–Crippen LogP) is 8.88. The molecule has 3 aromatic carbocycles. The number of piperazine rings is 1. The molecule has 15 heteroatoms. The van der Waals surface area contributed by atoms with Crippen molar-refractivity contribution < 1.29 is 18.1 Å². The molecule has 57 heavy (non-hydrogen) atoms. The average Bonchev–Trinajstić information content (AvgIpc) is 3.65. The number of carbonyl (C=O) groups excluding carboxylic acids is 1. The summed E-state index contributed by atoms with van der Waals surface area (Å²) in [5.74, 6) is -0.192. The third-order valence-electron chi connectivity index (χ3n) is 10.7. The minimum atomic E-state index is -4.41. The fourth-order valence-electron chi connectivity index (χ4n) is 7.08. The second-order valence-corrected chi connectivity index (χ2v) is 19.4. The van der Waals surface area contributed by atoms with Crippen LogP contribution in [0, 0.1) is 10.1 Å². The Kier molecular flexibility index (Phi) is 14.7. The minimum absolute atomic E-state index is 0.139. The molecule has 0 radical (unpaired) electrons. The van der Waals surface area contributed by atoms with Gasteiger partial charge in [0.1, 0.15) is 4.21 Å². The Morgan fingerprint density at radius 2 is 1.67 bits per heavy atom. The first kappa shape index (κ1) is 42.7. The highest BCUT2D eigenvalue weighted by Gasteiger charge is 2.30. The Labute approximate surface area is 349 Å². The zero-order valence-corrected chi connectivity index (χ0v) is 35.9. The first-order valence-corrected chi connectivity index (χ1v) is 23.1. The normalized spacial score (nSPS) is 15.9. The van der Waals surface area contributed by atoms with Crippen molar-refractivity contribution in [3.8, 4) is 0 Å². The van der Waals surface area contributed by atoms with Gasteiger partial charge in [-0.05, 0) is 113 Å². The molecule has 4 aromatic rings. The summed E-state index contributed by atoms with van der Waals surface area (Å²) in [6.07, 6.45) is 5.31. The highest BCUT2D eigenvalue weighted by atomic mass is 35.5. The molecule has 0 saturated carbocycles. The van der Waals surface area contributed by atoms with Gasteiger partial charge in [0, 0.05) is 84.3 Å². The van der Waals surface area contributed by atoms with Crippen molar-refractivity contribution in [2.75, 3.05) is 62.3 Å². The molecule has 2 heterocycles. The number of hydrogen-bond acceptors (Lipinski definition) is 11. The van der Waals surface area contributed by atoms with Crippen molar-refractivity contribution in [1.29, 1.82) is 0 Å². The van der Waals surface area contributed by atoms with Crippen LogP contribution in [0.1, 0.15) is 61.9 Å². The van der Waals surface area contributed by atoms with Gasteiger partial charge in [0.25, 0.3) is 15.9 Å². The molecule has 2 N–H and O–H groups in total. The van der Waals surface area contributed by atoms with Crippen LogP contribution in [0.4, 0.5) is 16.4 Å². The topological polar surface area (TPSA) is 128 Å². The lowest BCUT2D eigenvalue weighted by atomic mass is 9.87. The Hall–Kier alpha value is -3.92. The van der Waals surface area contributed by atoms with Crippen LogP contribution in [-0.4, -0.2) is 93.2 Å². The van der Waals surface area contributed by atoms with Crippen LogP contribution in [0.15, 0.2) is 99.6 Å². The summed E-state index contributed by atoms with van der Waals surface area (Å²) in [6.45, 7) is 9.37. The molecule has 1 aromatic heterocycles. The van der Waals surface area contributed by atoms with Crippen LogP contribution in [0.5, 0.6) is 0 Å². The maximum absolute atomic E-state index is 13.5. The summed E-state index contributed by atoms with van der Waals surface area (Å²) >= 11 is 8.53. The van der Waals surface area contributed by atoms with Gasteiger partial charge < -0.3 is 15.1 Å². The first-order valence-electron chi connectivity index (χ1n) is 19.4. The van der Waals surface area contributed by atoms with E-state index in [1.54, 1.807) is 23.9 Å². The maximum atomic E-state index is 13.5. The summed E-state index contributed by atoms with van der Waals surface area (Å²) in [6, 6.07) is 26.1. The number of carbonyl (C=O) groups is 1. The van der Waals surface area contributed by atoms with Gasteiger partial charge >= 0.3 is 5.69 Å². The van der Waals surface area contributed by atoms with E-state index in [4.69, 9.17) is 11.6 Å². The number of amides is 1. The average molecular weight is 852 g/mol. The standard InChI is InChI=1S/C42H51ClN6O5S3/c1-30(2)46(3)22-21-35(29-55-37-10-5-4-6-11-37)44-42-39(49(51)52)27-40(56-42)57(53,54)45-41(50)32-15-19-36(20-16-32)48-25-23-47(24-26-48)28-33-9-7-8-12-38(33)31-13-17-34(43)18-14-31/h4-6,10-11,13-20,27,30,35,44H,7-9,12,21-26,28-29H2,1-3H3,(H,45,50)/t35-/m1/s1. The van der Waals surface area contributed by atoms with Gasteiger partial charge in [0.2, 0.25) is 0 Å². The molecule has 1 atom stereocenters. The zero-order chi connectivity index (χ0) is 40.5. The molecular weight excluding hydrogens is 800 g/mol. The number of thiophene rings is 1. The molecule has 1 fully saturated rings. The Morgan fingerprint density at radius 1 is 0.982 bits per heavy atom. The fourth-order valence-corrected chi connectivity index (χ4v) is 10.6. The van der Waals surface area contributed by atoms with E-state index in [0.717, 1.165) is 85.1 Å². The van der Waals surface area contributed by atoms with E-state index in [-0.39, 0.29) is 26.5 Å². The second kappa shape index (κ2) is 19.7. The molecule has 0 unspecified atom stereocenters. The molecule has 11 nitrogen and oxygen atoms in total. The van der Waals surface area contributed by atoms with E-state index in [9.17, 15) is 23.3 Å². The van der Waals surface area contributed by atoms with E-state index in [0.29, 0.717) is 18.2 Å². The molecule has 304 valence electrons. The van der Waals surface area contributed by atoms with Gasteiger partial charge in [-0.2, -0.15) is 0 Å². The SMILES string of the molecule is CC(C)N(C)CC[C@H](CSc1ccccc1)Nc1sc(S(=O)(=O)NC(=O)c2ccc(N3CCN(CC4=C(c5ccc(Cl)cc5)CCCC4)CC3)cc2)cc1[N+](=O)[O-]. The van der Waals surface area contributed by atoms with Crippen LogP contribution in [-0.2, 0) is 10.0 Å². The molecule has 1 aliphatic heterocycles. The fraction of sp³-hybridized carbons (Fsp3) is 0.405. The van der Waals surface area contributed by atoms with Gasteiger partial charge in [0.15, 0.2) is 5.00 Å². The number of halogens is 1. The largest absolute Gasteiger partial charge is 0.369 e. The number of nitrogens with zero attached hydrogens (tertiary/aromatic N) is 4. The zero-order valence-electron chi connectivity index (χ0n) is 32.7. The molecule has 1 amide bonds. The van der Waals surface area contributed by atoms with E-state index >= 15 is 0 Å². The van der Waals surface area contributed by atoms with E-state index < -0.39 is 20.9 Å². The van der Waals surface area contributed by atoms with E-state index in [2.05, 4.69) is 50.7 Å². The number of sulfonamides is 1. The Morgan fingerprint density at radius 3 is 2.33 bits per heavy atom. The summed E-state index contributed by atoms with van der Waals surface area (Å²) in [5.41, 5.74) is 5.02. The number of anilines is 2. The number of benzene rings is 3. The number of nitro groups is 1. The molecule has 0 spiro atoms. The lowest BCUT2D eigenvalue weighted by Crippen LogP contribution is -2.47. The number of allylic oxidation sites excluding steroid dienone is 1. The Bertz CT molecular complexity index is 2120. The monoisotopic (exact) mass is 850 g/mol. The molecule has 0 bridgehead atoms. The third-order valence-corrected chi connectivity index (χ3v) is 15.0. The number of thioether (sulfide) groups is 1. The second-order valence-electron chi connectivity index (χ2n) is 14.9. The summed E-state index contributed by atoms with van der Waals surface area (Å²) < 4.78 is 28.8. The smallest absolute Gasteiger partial charge is 0.304 e. The van der Waals surface area contributed by atoms with Crippen molar-refractivity contribution in [2.24, 2.45) is 0 Å². The molecule has 2 aliphatic rings. The highest BCUT2D eigenvalue weighted by Crippen LogP contribution is 2.39. The van der Waals surface area contributed by atoms with Gasteiger partial charge in [-0.25, -0.2) is 13.1 Å². The maximum Gasteiger partial charge on any atom is 0.304 e. The van der Waals surface area contributed by atoms with Crippen LogP contribution in [0.2, 0.25) is 5.02 Å². The molecule has 6 rings (SSSR count). The van der Waals surface area contributed by atoms with Crippen molar-refractivity contribution in [3.05, 3.63) is 117 Å². The Balaban J connectivity index is 1.07. The number of hydrogen-bond donors (Lipinski definition) is 2. The molecular formula is C42H51ClN6O5S3. The van der Waals surface area contributed by atoms with Gasteiger partial charge in [-0.15, -0.1) is 11.8 Å². The van der Waals surface area contributed by atoms with Gasteiger partial charge in [0.05, 0.1) is 4.92 Å². The van der Waals surface area contributed by atoms with Crippen molar-refractivity contribution in [2.45, 2.75) is 67.1 Å². The summed E-state index contributed by atoms with van der Waals surface area (Å²) in [4.78, 5) is 32.8. The lowest BCUT2D eigenvalue weighted by Gasteiger charge is -2.37. The van der Waals surface area contributed by atoms with Crippen LogP contribution in [0.25, 0.3) is 5.57 Å². The summed E-state index contributed by atoms with van der Waals surface area (Å²) in [7, 11) is -2.38. The molecule has 1 saturated heterocycles. The molecule has 1 aliphatic carbocycles. The minimum Gasteiger partial charge on any atom is -0.369 e.